The first kappa shape index (κ1) is 8.82. The smallest absolute Gasteiger partial charge is 0.0460 e. The SMILES string of the molecule is C=C/C=C(\C)c1c[nH]c2ccccc12. The Bertz CT molecular complexity index is 489. The van der Waals surface area contributed by atoms with Crippen LogP contribution in [-0.4, -0.2) is 4.98 Å². The van der Waals surface area contributed by atoms with E-state index in [-0.39, 0.29) is 0 Å². The van der Waals surface area contributed by atoms with Gasteiger partial charge in [0.05, 0.1) is 0 Å². The number of allylic oxidation sites excluding steroid dienone is 3. The summed E-state index contributed by atoms with van der Waals surface area (Å²) in [5.41, 5.74) is 3.66. The monoisotopic (exact) mass is 183 g/mol. The van der Waals surface area contributed by atoms with E-state index in [1.165, 1.54) is 22.0 Å². The molecule has 0 aliphatic rings. The molecule has 0 radical (unpaired) electrons. The maximum absolute atomic E-state index is 3.70. The second kappa shape index (κ2) is 3.54. The molecule has 0 aliphatic heterocycles. The number of aromatic nitrogens is 1. The molecule has 1 nitrogen and oxygen atoms in total. The topological polar surface area (TPSA) is 15.8 Å². The molecule has 0 amide bonds. The van der Waals surface area contributed by atoms with E-state index < -0.39 is 0 Å². The summed E-state index contributed by atoms with van der Waals surface area (Å²) in [6, 6.07) is 8.30. The molecule has 1 heterocycles. The van der Waals surface area contributed by atoms with Gasteiger partial charge in [-0.25, -0.2) is 0 Å². The number of rotatable bonds is 2. The van der Waals surface area contributed by atoms with Crippen LogP contribution in [0.25, 0.3) is 16.5 Å². The van der Waals surface area contributed by atoms with Crippen LogP contribution in [0.3, 0.4) is 0 Å². The molecular formula is C13H13N. The minimum atomic E-state index is 1.18. The molecular weight excluding hydrogens is 170 g/mol. The van der Waals surface area contributed by atoms with Crippen LogP contribution < -0.4 is 0 Å². The normalized spacial score (nSPS) is 11.9. The van der Waals surface area contributed by atoms with Crippen molar-refractivity contribution in [1.82, 2.24) is 4.98 Å². The summed E-state index contributed by atoms with van der Waals surface area (Å²) in [4.78, 5) is 3.25. The Morgan fingerprint density at radius 2 is 2.14 bits per heavy atom. The van der Waals surface area contributed by atoms with Crippen LogP contribution in [0.4, 0.5) is 0 Å². The highest BCUT2D eigenvalue weighted by Crippen LogP contribution is 2.24. The van der Waals surface area contributed by atoms with Crippen molar-refractivity contribution in [3.63, 3.8) is 0 Å². The Morgan fingerprint density at radius 1 is 1.36 bits per heavy atom. The van der Waals surface area contributed by atoms with Crippen molar-refractivity contribution in [2.24, 2.45) is 0 Å². The molecule has 0 unspecified atom stereocenters. The lowest BCUT2D eigenvalue weighted by Crippen LogP contribution is -1.74. The summed E-state index contributed by atoms with van der Waals surface area (Å²) in [5.74, 6) is 0. The fraction of sp³-hybridized carbons (Fsp3) is 0.0769. The van der Waals surface area contributed by atoms with Gasteiger partial charge in [0, 0.05) is 22.7 Å². The van der Waals surface area contributed by atoms with Gasteiger partial charge in [0.25, 0.3) is 0 Å². The summed E-state index contributed by atoms with van der Waals surface area (Å²) in [7, 11) is 0. The van der Waals surface area contributed by atoms with E-state index in [1.54, 1.807) is 0 Å². The van der Waals surface area contributed by atoms with Crippen molar-refractivity contribution in [2.45, 2.75) is 6.92 Å². The molecule has 1 aromatic carbocycles. The quantitative estimate of drug-likeness (QED) is 0.682. The molecule has 0 spiro atoms. The predicted octanol–water partition coefficient (Wildman–Crippen LogP) is 3.76. The third-order valence-electron chi connectivity index (χ3n) is 2.38. The van der Waals surface area contributed by atoms with Gasteiger partial charge in [-0.2, -0.15) is 0 Å². The van der Waals surface area contributed by atoms with E-state index in [2.05, 4.69) is 36.7 Å². The van der Waals surface area contributed by atoms with Crippen LogP contribution in [0.15, 0.2) is 49.2 Å². The second-order valence-corrected chi connectivity index (χ2v) is 3.33. The first-order valence-electron chi connectivity index (χ1n) is 4.68. The summed E-state index contributed by atoms with van der Waals surface area (Å²) in [5, 5.41) is 1.27. The van der Waals surface area contributed by atoms with Gasteiger partial charge in [-0.05, 0) is 18.6 Å². The standard InChI is InChI=1S/C13H13N/c1-3-6-10(2)12-9-14-13-8-5-4-7-11(12)13/h3-9,14H,1H2,2H3/b10-6+. The average molecular weight is 183 g/mol. The number of hydrogen-bond donors (Lipinski definition) is 1. The number of H-pyrrole nitrogens is 1. The third-order valence-corrected chi connectivity index (χ3v) is 2.38. The molecule has 0 bridgehead atoms. The van der Waals surface area contributed by atoms with Gasteiger partial charge in [0.15, 0.2) is 0 Å². The number of para-hydroxylation sites is 1. The van der Waals surface area contributed by atoms with Crippen molar-refractivity contribution in [2.75, 3.05) is 0 Å². The van der Waals surface area contributed by atoms with Crippen molar-refractivity contribution >= 4 is 16.5 Å². The summed E-state index contributed by atoms with van der Waals surface area (Å²) >= 11 is 0. The lowest BCUT2D eigenvalue weighted by Gasteiger charge is -1.96. The van der Waals surface area contributed by atoms with E-state index >= 15 is 0 Å². The highest BCUT2D eigenvalue weighted by atomic mass is 14.7. The largest absolute Gasteiger partial charge is 0.361 e. The van der Waals surface area contributed by atoms with Gasteiger partial charge >= 0.3 is 0 Å². The Kier molecular flexibility index (Phi) is 2.23. The maximum Gasteiger partial charge on any atom is 0.0460 e. The lowest BCUT2D eigenvalue weighted by atomic mass is 10.1. The van der Waals surface area contributed by atoms with E-state index in [9.17, 15) is 0 Å². The highest BCUT2D eigenvalue weighted by molar-refractivity contribution is 5.92. The number of nitrogens with one attached hydrogen (secondary N) is 1. The van der Waals surface area contributed by atoms with Crippen molar-refractivity contribution in [3.8, 4) is 0 Å². The third kappa shape index (κ3) is 1.37. The molecule has 14 heavy (non-hydrogen) atoms. The summed E-state index contributed by atoms with van der Waals surface area (Å²) in [6.07, 6.45) is 5.88. The van der Waals surface area contributed by atoms with Crippen LogP contribution in [0.5, 0.6) is 0 Å². The van der Waals surface area contributed by atoms with Gasteiger partial charge in [0.1, 0.15) is 0 Å². The number of fused-ring (bicyclic) bond motifs is 1. The lowest BCUT2D eigenvalue weighted by molar-refractivity contribution is 1.46. The molecule has 1 aromatic heterocycles. The molecule has 2 rings (SSSR count). The minimum absolute atomic E-state index is 1.18. The molecule has 0 saturated carbocycles. The van der Waals surface area contributed by atoms with E-state index in [0.29, 0.717) is 0 Å². The van der Waals surface area contributed by atoms with Gasteiger partial charge in [-0.1, -0.05) is 36.9 Å². The van der Waals surface area contributed by atoms with Crippen LogP contribution in [0.1, 0.15) is 12.5 Å². The Hall–Kier alpha value is -1.76. The molecule has 70 valence electrons. The molecule has 1 heteroatoms. The molecule has 0 fully saturated rings. The zero-order valence-corrected chi connectivity index (χ0v) is 8.25. The summed E-state index contributed by atoms with van der Waals surface area (Å²) < 4.78 is 0. The van der Waals surface area contributed by atoms with Crippen molar-refractivity contribution in [3.05, 3.63) is 54.8 Å². The molecule has 2 aromatic rings. The van der Waals surface area contributed by atoms with E-state index in [0.717, 1.165) is 0 Å². The number of aromatic amines is 1. The second-order valence-electron chi connectivity index (χ2n) is 3.33. The first-order valence-corrected chi connectivity index (χ1v) is 4.68. The van der Waals surface area contributed by atoms with Gasteiger partial charge in [-0.15, -0.1) is 0 Å². The number of hydrogen-bond acceptors (Lipinski definition) is 0. The highest BCUT2D eigenvalue weighted by Gasteiger charge is 2.02. The zero-order chi connectivity index (χ0) is 9.97. The molecule has 0 saturated heterocycles. The van der Waals surface area contributed by atoms with Crippen LogP contribution in [0.2, 0.25) is 0 Å². The van der Waals surface area contributed by atoms with Crippen molar-refractivity contribution < 1.29 is 0 Å². The molecule has 1 N–H and O–H groups in total. The van der Waals surface area contributed by atoms with Crippen molar-refractivity contribution in [1.29, 1.82) is 0 Å². The fourth-order valence-electron chi connectivity index (χ4n) is 1.66. The van der Waals surface area contributed by atoms with Crippen LogP contribution >= 0.6 is 0 Å². The Labute approximate surface area is 83.8 Å². The van der Waals surface area contributed by atoms with Crippen LogP contribution in [-0.2, 0) is 0 Å². The number of benzene rings is 1. The minimum Gasteiger partial charge on any atom is -0.361 e. The zero-order valence-electron chi connectivity index (χ0n) is 8.25. The van der Waals surface area contributed by atoms with E-state index in [1.807, 2.05) is 24.4 Å². The van der Waals surface area contributed by atoms with Crippen LogP contribution in [0, 0.1) is 0 Å². The predicted molar refractivity (Wildman–Crippen MR) is 62.1 cm³/mol. The Morgan fingerprint density at radius 3 is 2.93 bits per heavy atom. The van der Waals surface area contributed by atoms with Gasteiger partial charge in [0.2, 0.25) is 0 Å². The fourth-order valence-corrected chi connectivity index (χ4v) is 1.66. The first-order chi connectivity index (χ1) is 6.83. The maximum atomic E-state index is 3.70. The average Bonchev–Trinajstić information content (AvgIpc) is 2.61. The van der Waals surface area contributed by atoms with Gasteiger partial charge < -0.3 is 4.98 Å². The van der Waals surface area contributed by atoms with Gasteiger partial charge in [-0.3, -0.25) is 0 Å². The Balaban J connectivity index is 2.64. The molecule has 0 aliphatic carbocycles. The summed E-state index contributed by atoms with van der Waals surface area (Å²) in [6.45, 7) is 5.80. The van der Waals surface area contributed by atoms with E-state index in [4.69, 9.17) is 0 Å². The molecule has 0 atom stereocenters.